The van der Waals surface area contributed by atoms with Crippen molar-refractivity contribution in [1.82, 2.24) is 9.55 Å². The minimum Gasteiger partial charge on any atom is -0.508 e. The number of carboxylic acids is 1. The molecule has 0 amide bonds. The first-order valence-corrected chi connectivity index (χ1v) is 7.88. The van der Waals surface area contributed by atoms with Gasteiger partial charge in [-0.3, -0.25) is 4.79 Å². The molecule has 25 heavy (non-hydrogen) atoms. The van der Waals surface area contributed by atoms with Crippen LogP contribution in [0.2, 0.25) is 0 Å². The third-order valence-electron chi connectivity index (χ3n) is 4.38. The fourth-order valence-corrected chi connectivity index (χ4v) is 3.22. The minimum absolute atomic E-state index is 0.0173. The van der Waals surface area contributed by atoms with Gasteiger partial charge in [-0.05, 0) is 48.4 Å². The zero-order valence-electron chi connectivity index (χ0n) is 13.2. The van der Waals surface area contributed by atoms with E-state index < -0.39 is 5.97 Å². The number of aromatic nitrogens is 2. The zero-order chi connectivity index (χ0) is 17.6. The smallest absolute Gasteiger partial charge is 0.303 e. The molecular formula is C19H16N2O4. The van der Waals surface area contributed by atoms with Crippen LogP contribution in [-0.2, 0) is 11.2 Å². The van der Waals surface area contributed by atoms with Crippen molar-refractivity contribution in [3.63, 3.8) is 0 Å². The second-order valence-corrected chi connectivity index (χ2v) is 6.02. The molecular weight excluding hydrogens is 320 g/mol. The number of aromatic amines is 1. The molecule has 0 aliphatic carbocycles. The molecule has 6 nitrogen and oxygen atoms in total. The van der Waals surface area contributed by atoms with Gasteiger partial charge in [-0.15, -0.1) is 0 Å². The van der Waals surface area contributed by atoms with E-state index >= 15 is 0 Å². The molecule has 4 aromatic rings. The van der Waals surface area contributed by atoms with E-state index in [-0.39, 0.29) is 17.9 Å². The maximum atomic E-state index is 10.9. The lowest BCUT2D eigenvalue weighted by Crippen LogP contribution is -1.96. The fourth-order valence-electron chi connectivity index (χ4n) is 3.22. The summed E-state index contributed by atoms with van der Waals surface area (Å²) < 4.78 is 1.95. The molecule has 4 N–H and O–H groups in total. The van der Waals surface area contributed by atoms with Crippen LogP contribution in [0.1, 0.15) is 12.0 Å². The highest BCUT2D eigenvalue weighted by atomic mass is 16.4. The number of nitrogens with zero attached hydrogens (tertiary/aromatic N) is 1. The number of aliphatic carboxylic acids is 1. The Morgan fingerprint density at radius 3 is 2.52 bits per heavy atom. The number of nitrogens with one attached hydrogen (secondary N) is 1. The highest BCUT2D eigenvalue weighted by Crippen LogP contribution is 2.32. The summed E-state index contributed by atoms with van der Waals surface area (Å²) in [6.07, 6.45) is 4.12. The summed E-state index contributed by atoms with van der Waals surface area (Å²) in [5.74, 6) is -0.551. The first-order valence-electron chi connectivity index (χ1n) is 7.88. The Kier molecular flexibility index (Phi) is 3.39. The highest BCUT2D eigenvalue weighted by molar-refractivity contribution is 5.94. The summed E-state index contributed by atoms with van der Waals surface area (Å²) in [4.78, 5) is 14.1. The third-order valence-corrected chi connectivity index (χ3v) is 4.38. The molecule has 0 radical (unpaired) electrons. The van der Waals surface area contributed by atoms with Gasteiger partial charge in [-0.1, -0.05) is 0 Å². The Hall–Kier alpha value is -3.41. The zero-order valence-corrected chi connectivity index (χ0v) is 13.2. The van der Waals surface area contributed by atoms with Crippen molar-refractivity contribution in [3.8, 4) is 17.2 Å². The van der Waals surface area contributed by atoms with E-state index in [0.29, 0.717) is 6.42 Å². The van der Waals surface area contributed by atoms with Crippen molar-refractivity contribution in [2.45, 2.75) is 12.8 Å². The maximum absolute atomic E-state index is 10.9. The normalized spacial score (nSPS) is 11.4. The number of aromatic hydroxyl groups is 2. The van der Waals surface area contributed by atoms with Crippen molar-refractivity contribution < 1.29 is 20.1 Å². The summed E-state index contributed by atoms with van der Waals surface area (Å²) >= 11 is 0. The lowest BCUT2D eigenvalue weighted by molar-refractivity contribution is -0.136. The van der Waals surface area contributed by atoms with Crippen LogP contribution in [0, 0.1) is 0 Å². The summed E-state index contributed by atoms with van der Waals surface area (Å²) in [7, 11) is 0. The summed E-state index contributed by atoms with van der Waals surface area (Å²) in [5.41, 5.74) is 3.45. The average molecular weight is 336 g/mol. The number of hydrogen-bond donors (Lipinski definition) is 4. The monoisotopic (exact) mass is 336 g/mol. The van der Waals surface area contributed by atoms with Gasteiger partial charge in [-0.25, -0.2) is 0 Å². The minimum atomic E-state index is -0.863. The Morgan fingerprint density at radius 2 is 1.76 bits per heavy atom. The van der Waals surface area contributed by atoms with E-state index in [2.05, 4.69) is 4.98 Å². The van der Waals surface area contributed by atoms with Crippen molar-refractivity contribution in [2.75, 3.05) is 0 Å². The van der Waals surface area contributed by atoms with Crippen LogP contribution in [0.3, 0.4) is 0 Å². The van der Waals surface area contributed by atoms with E-state index in [1.165, 1.54) is 0 Å². The lowest BCUT2D eigenvalue weighted by Gasteiger charge is -2.04. The van der Waals surface area contributed by atoms with E-state index in [0.717, 1.165) is 33.1 Å². The molecule has 2 aromatic carbocycles. The van der Waals surface area contributed by atoms with Crippen LogP contribution < -0.4 is 0 Å². The number of fused-ring (bicyclic) bond motifs is 2. The average Bonchev–Trinajstić information content (AvgIpc) is 3.13. The molecule has 2 aromatic heterocycles. The largest absolute Gasteiger partial charge is 0.508 e. The Bertz CT molecular complexity index is 1110. The Labute approximate surface area is 142 Å². The van der Waals surface area contributed by atoms with E-state index in [1.54, 1.807) is 36.4 Å². The number of benzene rings is 2. The van der Waals surface area contributed by atoms with Crippen LogP contribution in [-0.4, -0.2) is 30.8 Å². The molecule has 4 rings (SSSR count). The van der Waals surface area contributed by atoms with Crippen molar-refractivity contribution in [2.24, 2.45) is 0 Å². The number of carbonyl (C=O) groups is 1. The van der Waals surface area contributed by atoms with Crippen LogP contribution >= 0.6 is 0 Å². The molecule has 0 spiro atoms. The number of hydrogen-bond acceptors (Lipinski definition) is 3. The topological polar surface area (TPSA) is 98.5 Å². The predicted octanol–water partition coefficient (Wildman–Crippen LogP) is 3.54. The molecule has 0 atom stereocenters. The van der Waals surface area contributed by atoms with Gasteiger partial charge in [0.05, 0.1) is 11.2 Å². The summed E-state index contributed by atoms with van der Waals surface area (Å²) in [5, 5.41) is 30.3. The quantitative estimate of drug-likeness (QED) is 0.458. The van der Waals surface area contributed by atoms with Gasteiger partial charge in [0, 0.05) is 35.1 Å². The van der Waals surface area contributed by atoms with Crippen LogP contribution in [0.5, 0.6) is 11.5 Å². The fraction of sp³-hybridized carbons (Fsp3) is 0.105. The molecule has 0 aliphatic heterocycles. The number of H-pyrrole nitrogens is 1. The lowest BCUT2D eigenvalue weighted by atomic mass is 10.1. The second-order valence-electron chi connectivity index (χ2n) is 6.02. The standard InChI is InChI=1S/C19H16N2O4/c22-12-2-4-16-15(8-12)18(9-20-16)21-10-11(1-6-19(24)25)14-7-13(23)3-5-17(14)21/h2-5,7-10,20,22-23H,1,6H2,(H,24,25). The second kappa shape index (κ2) is 5.59. The van der Waals surface area contributed by atoms with Gasteiger partial charge in [0.25, 0.3) is 0 Å². The number of aryl methyl sites for hydroxylation is 1. The maximum Gasteiger partial charge on any atom is 0.303 e. The van der Waals surface area contributed by atoms with E-state index in [1.807, 2.05) is 17.0 Å². The van der Waals surface area contributed by atoms with Gasteiger partial charge in [0.2, 0.25) is 0 Å². The Balaban J connectivity index is 1.94. The van der Waals surface area contributed by atoms with Crippen molar-refractivity contribution in [1.29, 1.82) is 0 Å². The Morgan fingerprint density at radius 1 is 1.04 bits per heavy atom. The van der Waals surface area contributed by atoms with Gasteiger partial charge in [0.1, 0.15) is 11.5 Å². The number of phenolic OH excluding ortho intramolecular Hbond substituents is 2. The van der Waals surface area contributed by atoms with E-state index in [9.17, 15) is 15.0 Å². The SMILES string of the molecule is O=C(O)CCc1cn(-c2c[nH]c3ccc(O)cc23)c2ccc(O)cc12. The highest BCUT2D eigenvalue weighted by Gasteiger charge is 2.14. The molecule has 0 saturated carbocycles. The van der Waals surface area contributed by atoms with Crippen molar-refractivity contribution >= 4 is 27.8 Å². The van der Waals surface area contributed by atoms with Crippen molar-refractivity contribution in [3.05, 3.63) is 54.4 Å². The number of carboxylic acid groups (broad SMARTS) is 1. The van der Waals surface area contributed by atoms with Gasteiger partial charge < -0.3 is 24.9 Å². The molecule has 0 aliphatic rings. The number of phenols is 2. The summed E-state index contributed by atoms with van der Waals surface area (Å²) in [6, 6.07) is 10.2. The summed E-state index contributed by atoms with van der Waals surface area (Å²) in [6.45, 7) is 0. The van der Waals surface area contributed by atoms with Gasteiger partial charge in [0.15, 0.2) is 0 Å². The molecule has 126 valence electrons. The van der Waals surface area contributed by atoms with Gasteiger partial charge >= 0.3 is 5.97 Å². The molecule has 0 unspecified atom stereocenters. The van der Waals surface area contributed by atoms with E-state index in [4.69, 9.17) is 5.11 Å². The van der Waals surface area contributed by atoms with Gasteiger partial charge in [-0.2, -0.15) is 0 Å². The third kappa shape index (κ3) is 2.57. The molecule has 6 heteroatoms. The molecule has 0 bridgehead atoms. The molecule has 0 saturated heterocycles. The van der Waals surface area contributed by atoms with Crippen LogP contribution in [0.15, 0.2) is 48.8 Å². The predicted molar refractivity (Wildman–Crippen MR) is 94.4 cm³/mol. The molecule has 2 heterocycles. The van der Waals surface area contributed by atoms with Crippen LogP contribution in [0.4, 0.5) is 0 Å². The van der Waals surface area contributed by atoms with Crippen LogP contribution in [0.25, 0.3) is 27.5 Å². The first kappa shape index (κ1) is 15.1. The number of rotatable bonds is 4. The first-order chi connectivity index (χ1) is 12.0. The molecule has 0 fully saturated rings.